The van der Waals surface area contributed by atoms with Gasteiger partial charge < -0.3 is 11.1 Å². The molecule has 116 valence electrons. The Kier molecular flexibility index (Phi) is 4.35. The van der Waals surface area contributed by atoms with E-state index in [1.54, 1.807) is 24.3 Å². The fourth-order valence-corrected chi connectivity index (χ4v) is 2.26. The van der Waals surface area contributed by atoms with Gasteiger partial charge in [-0.25, -0.2) is 0 Å². The second kappa shape index (κ2) is 6.41. The third-order valence-electron chi connectivity index (χ3n) is 3.60. The summed E-state index contributed by atoms with van der Waals surface area (Å²) >= 11 is 5.84. The van der Waals surface area contributed by atoms with E-state index in [1.807, 2.05) is 0 Å². The number of nitrogens with zero attached hydrogens (tertiary/aromatic N) is 4. The molecule has 22 heavy (non-hydrogen) atoms. The van der Waals surface area contributed by atoms with Crippen molar-refractivity contribution < 1.29 is 4.79 Å². The minimum absolute atomic E-state index is 0.0258. The molecule has 0 saturated heterocycles. The largest absolute Gasteiger partial charge is 0.353 e. The fraction of sp³-hybridized carbons (Fsp3) is 0.429. The summed E-state index contributed by atoms with van der Waals surface area (Å²) in [5, 5.41) is 15.4. The Hall–Kier alpha value is -1.99. The molecule has 1 aliphatic carbocycles. The van der Waals surface area contributed by atoms with Crippen LogP contribution in [0.4, 0.5) is 0 Å². The summed E-state index contributed by atoms with van der Waals surface area (Å²) in [4.78, 5) is 13.1. The second-order valence-electron chi connectivity index (χ2n) is 5.46. The van der Waals surface area contributed by atoms with Crippen molar-refractivity contribution in [2.75, 3.05) is 6.54 Å². The number of hydrogen-bond acceptors (Lipinski definition) is 5. The molecule has 1 unspecified atom stereocenters. The van der Waals surface area contributed by atoms with Crippen molar-refractivity contribution in [3.63, 3.8) is 0 Å². The monoisotopic (exact) mass is 320 g/mol. The highest BCUT2D eigenvalue weighted by atomic mass is 35.5. The lowest BCUT2D eigenvalue weighted by Crippen LogP contribution is -2.40. The maximum absolute atomic E-state index is 11.8. The number of nitrogens with one attached hydrogen (secondary N) is 1. The highest BCUT2D eigenvalue weighted by Crippen LogP contribution is 2.31. The van der Waals surface area contributed by atoms with Gasteiger partial charge in [-0.3, -0.25) is 4.79 Å². The summed E-state index contributed by atoms with van der Waals surface area (Å²) in [5.41, 5.74) is 6.74. The van der Waals surface area contributed by atoms with Crippen LogP contribution >= 0.6 is 11.6 Å². The summed E-state index contributed by atoms with van der Waals surface area (Å²) in [6, 6.07) is 7.15. The molecule has 0 spiro atoms. The van der Waals surface area contributed by atoms with Crippen molar-refractivity contribution in [2.24, 2.45) is 11.7 Å². The Morgan fingerprint density at radius 3 is 2.82 bits per heavy atom. The minimum Gasteiger partial charge on any atom is -0.353 e. The first-order valence-corrected chi connectivity index (χ1v) is 7.55. The second-order valence-corrected chi connectivity index (χ2v) is 5.89. The van der Waals surface area contributed by atoms with Gasteiger partial charge in [-0.05, 0) is 48.2 Å². The maximum atomic E-state index is 11.8. The van der Waals surface area contributed by atoms with E-state index in [-0.39, 0.29) is 18.5 Å². The highest BCUT2D eigenvalue weighted by molar-refractivity contribution is 6.30. The van der Waals surface area contributed by atoms with Gasteiger partial charge in [0.25, 0.3) is 0 Å². The van der Waals surface area contributed by atoms with Crippen LogP contribution in [0.1, 0.15) is 12.8 Å². The van der Waals surface area contributed by atoms with Crippen molar-refractivity contribution in [1.82, 2.24) is 25.5 Å². The molecule has 1 heterocycles. The lowest BCUT2D eigenvalue weighted by molar-refractivity contribution is -0.122. The van der Waals surface area contributed by atoms with Crippen LogP contribution in [0.5, 0.6) is 0 Å². The lowest BCUT2D eigenvalue weighted by atomic mass is 10.2. The molecule has 7 nitrogen and oxygen atoms in total. The molecule has 1 fully saturated rings. The summed E-state index contributed by atoms with van der Waals surface area (Å²) in [6.45, 7) is 0.514. The van der Waals surface area contributed by atoms with Crippen LogP contribution in [0.2, 0.25) is 5.02 Å². The Bertz CT molecular complexity index is 652. The first-order valence-electron chi connectivity index (χ1n) is 7.18. The fourth-order valence-electron chi connectivity index (χ4n) is 2.13. The number of benzene rings is 1. The highest BCUT2D eigenvalue weighted by Gasteiger charge is 2.28. The number of rotatable bonds is 6. The van der Waals surface area contributed by atoms with Crippen LogP contribution in [-0.2, 0) is 11.3 Å². The topological polar surface area (TPSA) is 98.7 Å². The minimum atomic E-state index is -0.170. The van der Waals surface area contributed by atoms with Gasteiger partial charge in [-0.1, -0.05) is 11.6 Å². The average Bonchev–Trinajstić information content (AvgIpc) is 3.26. The van der Waals surface area contributed by atoms with Gasteiger partial charge in [0, 0.05) is 23.2 Å². The van der Waals surface area contributed by atoms with Crippen molar-refractivity contribution in [3.05, 3.63) is 29.3 Å². The summed E-state index contributed by atoms with van der Waals surface area (Å²) in [7, 11) is 0. The smallest absolute Gasteiger partial charge is 0.243 e. The molecule has 1 aromatic heterocycles. The van der Waals surface area contributed by atoms with Crippen LogP contribution in [-0.4, -0.2) is 38.7 Å². The van der Waals surface area contributed by atoms with Crippen LogP contribution in [0, 0.1) is 5.92 Å². The molecule has 8 heteroatoms. The number of nitrogens with two attached hydrogens (primary N) is 1. The molecule has 2 aromatic rings. The number of carbonyl (C=O) groups is 1. The number of amides is 1. The number of carbonyl (C=O) groups excluding carboxylic acids is 1. The Morgan fingerprint density at radius 1 is 1.41 bits per heavy atom. The summed E-state index contributed by atoms with van der Waals surface area (Å²) in [6.07, 6.45) is 2.32. The third kappa shape index (κ3) is 3.80. The number of aromatic nitrogens is 4. The molecule has 1 atom stereocenters. The molecule has 1 aromatic carbocycles. The zero-order chi connectivity index (χ0) is 15.5. The molecular weight excluding hydrogens is 304 g/mol. The average molecular weight is 321 g/mol. The molecule has 3 N–H and O–H groups in total. The number of hydrogen-bond donors (Lipinski definition) is 2. The van der Waals surface area contributed by atoms with E-state index in [4.69, 9.17) is 17.3 Å². The van der Waals surface area contributed by atoms with Crippen LogP contribution in [0.25, 0.3) is 11.4 Å². The first kappa shape index (κ1) is 14.9. The van der Waals surface area contributed by atoms with Crippen molar-refractivity contribution >= 4 is 17.5 Å². The van der Waals surface area contributed by atoms with Gasteiger partial charge in [0.15, 0.2) is 0 Å². The van der Waals surface area contributed by atoms with E-state index >= 15 is 0 Å². The third-order valence-corrected chi connectivity index (χ3v) is 3.85. The standard InChI is InChI=1S/C14H17ClN6O/c15-11-5-3-10(4-6-11)14-18-20-21(19-14)8-13(22)17-7-12(16)9-1-2-9/h3-6,9,12H,1-2,7-8,16H2,(H,17,22). The normalized spacial score (nSPS) is 15.5. The van der Waals surface area contributed by atoms with Gasteiger partial charge in [0.2, 0.25) is 11.7 Å². The Balaban J connectivity index is 1.54. The van der Waals surface area contributed by atoms with E-state index in [0.717, 1.165) is 18.4 Å². The van der Waals surface area contributed by atoms with Crippen molar-refractivity contribution in [3.8, 4) is 11.4 Å². The van der Waals surface area contributed by atoms with Crippen molar-refractivity contribution in [2.45, 2.75) is 25.4 Å². The van der Waals surface area contributed by atoms with E-state index in [0.29, 0.717) is 23.3 Å². The Labute approximate surface area is 132 Å². The molecule has 1 saturated carbocycles. The maximum Gasteiger partial charge on any atom is 0.243 e. The van der Waals surface area contributed by atoms with Gasteiger partial charge in [-0.2, -0.15) is 4.80 Å². The van der Waals surface area contributed by atoms with E-state index in [9.17, 15) is 4.79 Å². The van der Waals surface area contributed by atoms with E-state index in [1.165, 1.54) is 4.80 Å². The van der Waals surface area contributed by atoms with E-state index < -0.39 is 0 Å². The van der Waals surface area contributed by atoms with Gasteiger partial charge >= 0.3 is 0 Å². The van der Waals surface area contributed by atoms with Gasteiger partial charge in [0.1, 0.15) is 6.54 Å². The predicted octanol–water partition coefficient (Wildman–Crippen LogP) is 0.847. The van der Waals surface area contributed by atoms with Crippen molar-refractivity contribution in [1.29, 1.82) is 0 Å². The lowest BCUT2D eigenvalue weighted by Gasteiger charge is -2.10. The molecule has 0 radical (unpaired) electrons. The predicted molar refractivity (Wildman–Crippen MR) is 82.0 cm³/mol. The molecule has 1 amide bonds. The molecule has 1 aliphatic rings. The number of tetrazole rings is 1. The summed E-state index contributed by atoms with van der Waals surface area (Å²) in [5.74, 6) is 0.844. The quantitative estimate of drug-likeness (QED) is 0.822. The molecule has 0 bridgehead atoms. The van der Waals surface area contributed by atoms with Crippen LogP contribution < -0.4 is 11.1 Å². The molecular formula is C14H17ClN6O. The van der Waals surface area contributed by atoms with Crippen LogP contribution in [0.15, 0.2) is 24.3 Å². The molecule has 3 rings (SSSR count). The SMILES string of the molecule is NC(CNC(=O)Cn1nnc(-c2ccc(Cl)cc2)n1)C1CC1. The summed E-state index contributed by atoms with van der Waals surface area (Å²) < 4.78 is 0. The van der Waals surface area contributed by atoms with Gasteiger partial charge in [0.05, 0.1) is 0 Å². The number of halogens is 1. The zero-order valence-electron chi connectivity index (χ0n) is 11.9. The first-order chi connectivity index (χ1) is 10.6. The van der Waals surface area contributed by atoms with E-state index in [2.05, 4.69) is 20.7 Å². The molecule has 0 aliphatic heterocycles. The Morgan fingerprint density at radius 2 is 2.14 bits per heavy atom. The zero-order valence-corrected chi connectivity index (χ0v) is 12.7. The van der Waals surface area contributed by atoms with Crippen LogP contribution in [0.3, 0.4) is 0 Å². The van der Waals surface area contributed by atoms with Gasteiger partial charge in [-0.15, -0.1) is 10.2 Å².